The van der Waals surface area contributed by atoms with Crippen molar-refractivity contribution in [2.75, 3.05) is 24.7 Å². The van der Waals surface area contributed by atoms with Crippen molar-refractivity contribution >= 4 is 35.0 Å². The molecule has 0 fully saturated rings. The number of thiophene rings is 1. The first-order chi connectivity index (χ1) is 11.8. The standard InChI is InChI=1S/C16H21N5O3S/c1-9-7-11(10(2)25-9)12(22)5-6-14(23)24-8-13-18-15(17)20-16(19-13)21(3)4/h7H,5-6,8H2,1-4H3,(H2,17,18,19,20). The van der Waals surface area contributed by atoms with Crippen molar-refractivity contribution in [2.45, 2.75) is 33.3 Å². The van der Waals surface area contributed by atoms with Crippen molar-refractivity contribution in [2.24, 2.45) is 0 Å². The molecule has 2 aromatic rings. The van der Waals surface area contributed by atoms with Gasteiger partial charge in [-0.05, 0) is 19.9 Å². The summed E-state index contributed by atoms with van der Waals surface area (Å²) in [5.41, 5.74) is 6.29. The second-order valence-corrected chi connectivity index (χ2v) is 7.18. The molecule has 2 aromatic heterocycles. The van der Waals surface area contributed by atoms with Gasteiger partial charge in [-0.1, -0.05) is 0 Å². The van der Waals surface area contributed by atoms with E-state index in [4.69, 9.17) is 10.5 Å². The van der Waals surface area contributed by atoms with Crippen molar-refractivity contribution in [1.29, 1.82) is 0 Å². The molecule has 2 N–H and O–H groups in total. The second kappa shape index (κ2) is 8.02. The molecular weight excluding hydrogens is 342 g/mol. The van der Waals surface area contributed by atoms with Crippen LogP contribution in [0.5, 0.6) is 0 Å². The molecule has 8 nitrogen and oxygen atoms in total. The molecular formula is C16H21N5O3S. The summed E-state index contributed by atoms with van der Waals surface area (Å²) in [6.07, 6.45) is 0.117. The molecule has 0 aromatic carbocycles. The van der Waals surface area contributed by atoms with Crippen LogP contribution in [0.2, 0.25) is 0 Å². The Bertz CT molecular complexity index is 788. The van der Waals surface area contributed by atoms with Gasteiger partial charge in [-0.25, -0.2) is 0 Å². The lowest BCUT2D eigenvalue weighted by Gasteiger charge is -2.11. The Morgan fingerprint density at radius 3 is 2.52 bits per heavy atom. The number of aromatic nitrogens is 3. The highest BCUT2D eigenvalue weighted by molar-refractivity contribution is 7.12. The van der Waals surface area contributed by atoms with Gasteiger partial charge in [0.1, 0.15) is 0 Å². The number of esters is 1. The van der Waals surface area contributed by atoms with Gasteiger partial charge >= 0.3 is 5.97 Å². The largest absolute Gasteiger partial charge is 0.457 e. The predicted octanol–water partition coefficient (Wildman–Crippen LogP) is 1.90. The number of Topliss-reactive ketones (excluding diaryl/α,β-unsaturated/α-hetero) is 1. The summed E-state index contributed by atoms with van der Waals surface area (Å²) >= 11 is 1.57. The normalized spacial score (nSPS) is 10.6. The molecule has 9 heteroatoms. The van der Waals surface area contributed by atoms with Crippen LogP contribution in [0.1, 0.15) is 38.8 Å². The number of anilines is 2. The fraction of sp³-hybridized carbons (Fsp3) is 0.438. The van der Waals surface area contributed by atoms with Crippen molar-refractivity contribution in [1.82, 2.24) is 15.0 Å². The van der Waals surface area contributed by atoms with E-state index in [9.17, 15) is 9.59 Å². The van der Waals surface area contributed by atoms with Crippen LogP contribution in [0.15, 0.2) is 6.07 Å². The number of ether oxygens (including phenoxy) is 1. The lowest BCUT2D eigenvalue weighted by Crippen LogP contribution is -2.17. The van der Waals surface area contributed by atoms with E-state index in [-0.39, 0.29) is 37.0 Å². The molecule has 0 atom stereocenters. The van der Waals surface area contributed by atoms with E-state index in [1.54, 1.807) is 30.3 Å². The lowest BCUT2D eigenvalue weighted by atomic mass is 10.1. The molecule has 0 aliphatic heterocycles. The zero-order valence-electron chi connectivity index (χ0n) is 14.7. The molecule has 0 aliphatic rings. The third-order valence-electron chi connectivity index (χ3n) is 3.35. The fourth-order valence-corrected chi connectivity index (χ4v) is 3.11. The van der Waals surface area contributed by atoms with Crippen LogP contribution in [0.3, 0.4) is 0 Å². The monoisotopic (exact) mass is 363 g/mol. The SMILES string of the molecule is Cc1cc(C(=O)CCC(=O)OCc2nc(N)nc(N(C)C)n2)c(C)s1. The third-order valence-corrected chi connectivity index (χ3v) is 4.31. The number of nitrogens with two attached hydrogens (primary N) is 1. The molecule has 0 bridgehead atoms. The van der Waals surface area contributed by atoms with Gasteiger partial charge < -0.3 is 15.4 Å². The summed E-state index contributed by atoms with van der Waals surface area (Å²) in [5, 5.41) is 0. The Morgan fingerprint density at radius 2 is 1.92 bits per heavy atom. The van der Waals surface area contributed by atoms with Crippen LogP contribution in [-0.4, -0.2) is 40.8 Å². The van der Waals surface area contributed by atoms with Gasteiger partial charge in [0.2, 0.25) is 11.9 Å². The Hall–Kier alpha value is -2.55. The molecule has 0 unspecified atom stereocenters. The maximum absolute atomic E-state index is 12.2. The molecule has 2 rings (SSSR count). The summed E-state index contributed by atoms with van der Waals surface area (Å²) in [6.45, 7) is 3.74. The van der Waals surface area contributed by atoms with E-state index in [0.717, 1.165) is 9.75 Å². The van der Waals surface area contributed by atoms with Gasteiger partial charge in [0.05, 0.1) is 6.42 Å². The number of ketones is 1. The predicted molar refractivity (Wildman–Crippen MR) is 95.7 cm³/mol. The Kier molecular flexibility index (Phi) is 6.02. The zero-order valence-corrected chi connectivity index (χ0v) is 15.5. The molecule has 25 heavy (non-hydrogen) atoms. The molecule has 2 heterocycles. The summed E-state index contributed by atoms with van der Waals surface area (Å²) in [6, 6.07) is 1.85. The van der Waals surface area contributed by atoms with Gasteiger partial charge in [-0.15, -0.1) is 11.3 Å². The molecule has 134 valence electrons. The number of carbonyl (C=O) groups is 2. The van der Waals surface area contributed by atoms with Crippen LogP contribution >= 0.6 is 11.3 Å². The topological polar surface area (TPSA) is 111 Å². The first-order valence-electron chi connectivity index (χ1n) is 7.70. The number of carbonyl (C=O) groups excluding carboxylic acids is 2. The zero-order chi connectivity index (χ0) is 18.6. The van der Waals surface area contributed by atoms with Gasteiger partial charge in [0.25, 0.3) is 0 Å². The van der Waals surface area contributed by atoms with Gasteiger partial charge in [0, 0.05) is 35.8 Å². The van der Waals surface area contributed by atoms with Gasteiger partial charge in [-0.2, -0.15) is 15.0 Å². The van der Waals surface area contributed by atoms with Gasteiger partial charge in [-0.3, -0.25) is 9.59 Å². The Labute approximate surface area is 150 Å². The second-order valence-electron chi connectivity index (χ2n) is 5.72. The van der Waals surface area contributed by atoms with E-state index in [1.807, 2.05) is 19.9 Å². The smallest absolute Gasteiger partial charge is 0.306 e. The summed E-state index contributed by atoms with van der Waals surface area (Å²) in [5.74, 6) is 0.168. The minimum atomic E-state index is -0.483. The lowest BCUT2D eigenvalue weighted by molar-refractivity contribution is -0.145. The van der Waals surface area contributed by atoms with Crippen LogP contribution in [-0.2, 0) is 16.1 Å². The molecule has 0 radical (unpaired) electrons. The van der Waals surface area contributed by atoms with Crippen molar-refractivity contribution in [3.63, 3.8) is 0 Å². The summed E-state index contributed by atoms with van der Waals surface area (Å²) in [7, 11) is 3.54. The highest BCUT2D eigenvalue weighted by Crippen LogP contribution is 2.22. The quantitative estimate of drug-likeness (QED) is 0.586. The molecule has 0 saturated heterocycles. The number of hydrogen-bond donors (Lipinski definition) is 1. The van der Waals surface area contributed by atoms with Crippen molar-refractivity contribution in [3.8, 4) is 0 Å². The highest BCUT2D eigenvalue weighted by atomic mass is 32.1. The van der Waals surface area contributed by atoms with E-state index >= 15 is 0 Å². The number of nitrogens with zero attached hydrogens (tertiary/aromatic N) is 4. The number of aryl methyl sites for hydroxylation is 2. The minimum absolute atomic E-state index is 0.00821. The average Bonchev–Trinajstić information content (AvgIpc) is 2.88. The number of hydrogen-bond acceptors (Lipinski definition) is 9. The molecule has 0 saturated carbocycles. The van der Waals surface area contributed by atoms with E-state index in [2.05, 4.69) is 15.0 Å². The average molecular weight is 363 g/mol. The van der Waals surface area contributed by atoms with E-state index in [1.165, 1.54) is 0 Å². The molecule has 0 aliphatic carbocycles. The van der Waals surface area contributed by atoms with Crippen molar-refractivity contribution in [3.05, 3.63) is 27.2 Å². The summed E-state index contributed by atoms with van der Waals surface area (Å²) < 4.78 is 5.12. The minimum Gasteiger partial charge on any atom is -0.457 e. The first-order valence-corrected chi connectivity index (χ1v) is 8.51. The first kappa shape index (κ1) is 18.8. The molecule has 0 spiro atoms. The van der Waals surface area contributed by atoms with E-state index < -0.39 is 5.97 Å². The van der Waals surface area contributed by atoms with Crippen LogP contribution in [0.25, 0.3) is 0 Å². The Morgan fingerprint density at radius 1 is 1.20 bits per heavy atom. The van der Waals surface area contributed by atoms with Crippen LogP contribution in [0, 0.1) is 13.8 Å². The van der Waals surface area contributed by atoms with Crippen LogP contribution in [0.4, 0.5) is 11.9 Å². The number of rotatable bonds is 7. The molecule has 0 amide bonds. The van der Waals surface area contributed by atoms with E-state index in [0.29, 0.717) is 11.5 Å². The number of nitrogen functional groups attached to an aromatic ring is 1. The maximum atomic E-state index is 12.2. The highest BCUT2D eigenvalue weighted by Gasteiger charge is 2.15. The third kappa shape index (κ3) is 5.21. The fourth-order valence-electron chi connectivity index (χ4n) is 2.16. The van der Waals surface area contributed by atoms with Crippen LogP contribution < -0.4 is 10.6 Å². The van der Waals surface area contributed by atoms with Crippen molar-refractivity contribution < 1.29 is 14.3 Å². The summed E-state index contributed by atoms with van der Waals surface area (Å²) in [4.78, 5) is 39.8. The van der Waals surface area contributed by atoms with Gasteiger partial charge in [0.15, 0.2) is 18.2 Å². The Balaban J connectivity index is 1.87. The maximum Gasteiger partial charge on any atom is 0.306 e.